The normalized spacial score (nSPS) is 17.5. The summed E-state index contributed by atoms with van der Waals surface area (Å²) in [5.41, 5.74) is 2.60. The fourth-order valence-corrected chi connectivity index (χ4v) is 3.88. The molecule has 1 aliphatic rings. The predicted octanol–water partition coefficient (Wildman–Crippen LogP) is 4.24. The Hall–Kier alpha value is -3.84. The van der Waals surface area contributed by atoms with Crippen molar-refractivity contribution in [2.75, 3.05) is 20.3 Å². The number of methoxy groups -OCH3 is 1. The molecule has 1 aromatic heterocycles. The molecule has 1 aliphatic heterocycles. The van der Waals surface area contributed by atoms with Crippen LogP contribution in [-0.4, -0.2) is 42.0 Å². The third kappa shape index (κ3) is 4.68. The van der Waals surface area contributed by atoms with Gasteiger partial charge in [-0.2, -0.15) is 0 Å². The summed E-state index contributed by atoms with van der Waals surface area (Å²) in [5.74, 6) is -0.709. The Balaban J connectivity index is 1.60. The van der Waals surface area contributed by atoms with Crippen LogP contribution in [0.25, 0.3) is 5.76 Å². The second kappa shape index (κ2) is 9.75. The number of nitrogens with zero attached hydrogens (tertiary/aromatic N) is 1. The van der Waals surface area contributed by atoms with Gasteiger partial charge in [-0.15, -0.1) is 0 Å². The van der Waals surface area contributed by atoms with Crippen LogP contribution in [0.1, 0.15) is 28.5 Å². The third-order valence-electron chi connectivity index (χ3n) is 5.50. The number of carbonyl (C=O) groups excluding carboxylic acids is 2. The molecule has 1 N–H and O–H groups in total. The van der Waals surface area contributed by atoms with Crippen LogP contribution in [0.5, 0.6) is 5.75 Å². The molecule has 1 saturated heterocycles. The minimum Gasteiger partial charge on any atom is -0.507 e. The molecular formula is C26H25NO6. The fourth-order valence-electron chi connectivity index (χ4n) is 3.88. The number of amides is 1. The number of aryl methyl sites for hydroxylation is 1. The van der Waals surface area contributed by atoms with Crippen LogP contribution in [0.3, 0.4) is 0 Å². The van der Waals surface area contributed by atoms with Crippen LogP contribution in [0.4, 0.5) is 0 Å². The van der Waals surface area contributed by atoms with Crippen molar-refractivity contribution < 1.29 is 28.6 Å². The van der Waals surface area contributed by atoms with Gasteiger partial charge in [-0.05, 0) is 48.9 Å². The molecule has 7 heteroatoms. The molecule has 1 amide bonds. The highest BCUT2D eigenvalue weighted by molar-refractivity contribution is 6.46. The highest BCUT2D eigenvalue weighted by Crippen LogP contribution is 2.39. The molecule has 2 aromatic carbocycles. The van der Waals surface area contributed by atoms with Crippen molar-refractivity contribution >= 4 is 17.4 Å². The maximum Gasteiger partial charge on any atom is 0.295 e. The van der Waals surface area contributed by atoms with Gasteiger partial charge in [-0.3, -0.25) is 9.59 Å². The van der Waals surface area contributed by atoms with Gasteiger partial charge in [0.1, 0.15) is 29.9 Å². The molecule has 1 unspecified atom stereocenters. The first-order valence-electron chi connectivity index (χ1n) is 10.6. The molecule has 1 atom stereocenters. The van der Waals surface area contributed by atoms with E-state index in [0.29, 0.717) is 23.7 Å². The summed E-state index contributed by atoms with van der Waals surface area (Å²) in [7, 11) is 1.51. The molecular weight excluding hydrogens is 422 g/mol. The molecule has 1 fully saturated rings. The van der Waals surface area contributed by atoms with Gasteiger partial charge in [-0.25, -0.2) is 0 Å². The number of aliphatic hydroxyl groups is 1. The van der Waals surface area contributed by atoms with Crippen LogP contribution in [-0.2, 0) is 20.9 Å². The number of Topliss-reactive ketones (excluding diaryl/α,β-unsaturated/α-hetero) is 1. The smallest absolute Gasteiger partial charge is 0.295 e. The second-order valence-electron chi connectivity index (χ2n) is 7.80. The molecule has 0 spiro atoms. The minimum atomic E-state index is -0.826. The minimum absolute atomic E-state index is 0.0144. The maximum absolute atomic E-state index is 12.8. The number of rotatable bonds is 8. The first-order valence-corrected chi connectivity index (χ1v) is 10.6. The summed E-state index contributed by atoms with van der Waals surface area (Å²) in [6.45, 7) is 2.87. The number of likely N-dealkylation sites (tertiary alicyclic amines) is 1. The zero-order valence-corrected chi connectivity index (χ0v) is 18.5. The molecule has 0 radical (unpaired) electrons. The van der Waals surface area contributed by atoms with Crippen molar-refractivity contribution in [3.05, 3.63) is 95.0 Å². The highest BCUT2D eigenvalue weighted by atomic mass is 16.5. The number of hydrogen-bond acceptors (Lipinski definition) is 6. The first kappa shape index (κ1) is 22.4. The molecule has 33 heavy (non-hydrogen) atoms. The number of carbonyl (C=O) groups is 2. The molecule has 7 nitrogen and oxygen atoms in total. The summed E-state index contributed by atoms with van der Waals surface area (Å²) >= 11 is 0. The number of hydrogen-bond donors (Lipinski definition) is 1. The van der Waals surface area contributed by atoms with Gasteiger partial charge < -0.3 is 23.9 Å². The number of benzene rings is 2. The Labute approximate surface area is 191 Å². The molecule has 170 valence electrons. The Morgan fingerprint density at radius 2 is 1.88 bits per heavy atom. The van der Waals surface area contributed by atoms with E-state index in [0.717, 1.165) is 11.1 Å². The van der Waals surface area contributed by atoms with E-state index in [4.69, 9.17) is 13.9 Å². The fraction of sp³-hybridized carbons (Fsp3) is 0.231. The van der Waals surface area contributed by atoms with E-state index in [1.807, 2.05) is 25.1 Å². The van der Waals surface area contributed by atoms with Gasteiger partial charge in [-0.1, -0.05) is 29.8 Å². The summed E-state index contributed by atoms with van der Waals surface area (Å²) in [5, 5.41) is 11.0. The Bertz CT molecular complexity index is 1160. The second-order valence-corrected chi connectivity index (χ2v) is 7.80. The van der Waals surface area contributed by atoms with Gasteiger partial charge in [0.05, 0.1) is 18.4 Å². The third-order valence-corrected chi connectivity index (χ3v) is 5.50. The standard InChI is InChI=1S/C26H25NO6/c1-17-5-3-6-18(15-17)16-33-20-10-8-19(9-11-20)24(28)22-23(21-7-4-13-32-21)27(12-14-31-2)26(30)25(22)29/h3-11,13,15,23,28H,12,14,16H2,1-2H3. The summed E-state index contributed by atoms with van der Waals surface area (Å²) in [6, 6.07) is 17.3. The van der Waals surface area contributed by atoms with Crippen molar-refractivity contribution in [2.45, 2.75) is 19.6 Å². The monoisotopic (exact) mass is 447 g/mol. The van der Waals surface area contributed by atoms with E-state index in [1.54, 1.807) is 36.4 Å². The summed E-state index contributed by atoms with van der Waals surface area (Å²) < 4.78 is 16.4. The van der Waals surface area contributed by atoms with E-state index in [1.165, 1.54) is 18.3 Å². The molecule has 0 aliphatic carbocycles. The van der Waals surface area contributed by atoms with E-state index >= 15 is 0 Å². The highest BCUT2D eigenvalue weighted by Gasteiger charge is 2.47. The lowest BCUT2D eigenvalue weighted by atomic mass is 9.99. The lowest BCUT2D eigenvalue weighted by molar-refractivity contribution is -0.140. The van der Waals surface area contributed by atoms with Crippen LogP contribution >= 0.6 is 0 Å². The average molecular weight is 447 g/mol. The number of aliphatic hydroxyl groups excluding tert-OH is 1. The van der Waals surface area contributed by atoms with E-state index in [9.17, 15) is 14.7 Å². The van der Waals surface area contributed by atoms with Crippen molar-refractivity contribution in [1.82, 2.24) is 4.90 Å². The van der Waals surface area contributed by atoms with Crippen molar-refractivity contribution in [3.8, 4) is 5.75 Å². The van der Waals surface area contributed by atoms with Gasteiger partial charge in [0.25, 0.3) is 11.7 Å². The quantitative estimate of drug-likeness (QED) is 0.316. The maximum atomic E-state index is 12.8. The van der Waals surface area contributed by atoms with Crippen LogP contribution in [0.15, 0.2) is 76.9 Å². The van der Waals surface area contributed by atoms with Crippen molar-refractivity contribution in [3.63, 3.8) is 0 Å². The van der Waals surface area contributed by atoms with Gasteiger partial charge in [0.2, 0.25) is 0 Å². The molecule has 3 aromatic rings. The SMILES string of the molecule is COCCN1C(=O)C(=O)C(=C(O)c2ccc(OCc3cccc(C)c3)cc2)C1c1ccco1. The van der Waals surface area contributed by atoms with Crippen molar-refractivity contribution in [2.24, 2.45) is 0 Å². The molecule has 0 bridgehead atoms. The van der Waals surface area contributed by atoms with Crippen LogP contribution < -0.4 is 4.74 Å². The topological polar surface area (TPSA) is 89.2 Å². The van der Waals surface area contributed by atoms with E-state index < -0.39 is 17.7 Å². The Morgan fingerprint density at radius 1 is 1.09 bits per heavy atom. The van der Waals surface area contributed by atoms with Gasteiger partial charge in [0.15, 0.2) is 0 Å². The number of ketones is 1. The molecule has 0 saturated carbocycles. The Kier molecular flexibility index (Phi) is 6.60. The van der Waals surface area contributed by atoms with E-state index in [-0.39, 0.29) is 24.5 Å². The van der Waals surface area contributed by atoms with Gasteiger partial charge in [0, 0.05) is 19.2 Å². The largest absolute Gasteiger partial charge is 0.507 e. The molecule has 4 rings (SSSR count). The number of furan rings is 1. The summed E-state index contributed by atoms with van der Waals surface area (Å²) in [6.07, 6.45) is 1.46. The predicted molar refractivity (Wildman–Crippen MR) is 122 cm³/mol. The Morgan fingerprint density at radius 3 is 2.55 bits per heavy atom. The van der Waals surface area contributed by atoms with Crippen molar-refractivity contribution in [1.29, 1.82) is 0 Å². The van der Waals surface area contributed by atoms with Crippen LogP contribution in [0, 0.1) is 6.92 Å². The van der Waals surface area contributed by atoms with E-state index in [2.05, 4.69) is 6.07 Å². The number of ether oxygens (including phenoxy) is 2. The average Bonchev–Trinajstić information content (AvgIpc) is 3.43. The lowest BCUT2D eigenvalue weighted by Crippen LogP contribution is -2.32. The van der Waals surface area contributed by atoms with Gasteiger partial charge >= 0.3 is 0 Å². The van der Waals surface area contributed by atoms with Crippen LogP contribution in [0.2, 0.25) is 0 Å². The first-order chi connectivity index (χ1) is 16.0. The zero-order chi connectivity index (χ0) is 23.4. The zero-order valence-electron chi connectivity index (χ0n) is 18.5. The molecule has 2 heterocycles. The lowest BCUT2D eigenvalue weighted by Gasteiger charge is -2.22. The summed E-state index contributed by atoms with van der Waals surface area (Å²) in [4.78, 5) is 26.9.